The van der Waals surface area contributed by atoms with Crippen LogP contribution in [0, 0.1) is 22.7 Å². The van der Waals surface area contributed by atoms with Gasteiger partial charge in [-0.2, -0.15) is 10.5 Å². The van der Waals surface area contributed by atoms with Crippen LogP contribution in [0.2, 0.25) is 0 Å². The molecule has 1 aromatic rings. The molecule has 0 saturated carbocycles. The maximum Gasteiger partial charge on any atom is 0.244 e. The molecule has 1 aromatic carbocycles. The van der Waals surface area contributed by atoms with Crippen molar-refractivity contribution in [1.29, 1.82) is 10.5 Å². The van der Waals surface area contributed by atoms with Crippen molar-refractivity contribution in [3.8, 4) is 12.1 Å². The lowest BCUT2D eigenvalue weighted by atomic mass is 10.1. The molecule has 1 N–H and O–H groups in total. The predicted octanol–water partition coefficient (Wildman–Crippen LogP) is 1.60. The second-order valence-corrected chi connectivity index (χ2v) is 3.27. The van der Waals surface area contributed by atoms with E-state index in [2.05, 4.69) is 5.32 Å². The van der Waals surface area contributed by atoms with Crippen LogP contribution in [0.1, 0.15) is 17.5 Å². The third-order valence-electron chi connectivity index (χ3n) is 2.00. The number of hydrogen-bond acceptors (Lipinski definition) is 3. The molecule has 0 aliphatic heterocycles. The van der Waals surface area contributed by atoms with Gasteiger partial charge in [0.25, 0.3) is 0 Å². The summed E-state index contributed by atoms with van der Waals surface area (Å²) in [5.41, 5.74) is 1.43. The summed E-state index contributed by atoms with van der Waals surface area (Å²) in [5.74, 6) is -0.232. The molecular weight excluding hydrogens is 214 g/mol. The fourth-order valence-electron chi connectivity index (χ4n) is 1.14. The van der Waals surface area contributed by atoms with E-state index in [1.807, 2.05) is 12.1 Å². The van der Waals surface area contributed by atoms with Crippen molar-refractivity contribution in [3.63, 3.8) is 0 Å². The van der Waals surface area contributed by atoms with Gasteiger partial charge in [0.05, 0.1) is 24.1 Å². The summed E-state index contributed by atoms with van der Waals surface area (Å²) in [6, 6.07) is 10.9. The van der Waals surface area contributed by atoms with Gasteiger partial charge < -0.3 is 5.32 Å². The van der Waals surface area contributed by atoms with Gasteiger partial charge >= 0.3 is 0 Å². The van der Waals surface area contributed by atoms with Crippen LogP contribution < -0.4 is 5.32 Å². The molecule has 0 aliphatic carbocycles. The van der Waals surface area contributed by atoms with E-state index in [-0.39, 0.29) is 5.91 Å². The average Bonchev–Trinajstić information content (AvgIpc) is 2.37. The zero-order chi connectivity index (χ0) is 12.5. The highest BCUT2D eigenvalue weighted by Crippen LogP contribution is 2.04. The molecular formula is C13H11N3O. The number of nitrogens with zero attached hydrogens (tertiary/aromatic N) is 2. The van der Waals surface area contributed by atoms with E-state index in [1.165, 1.54) is 6.08 Å². The molecule has 17 heavy (non-hydrogen) atoms. The van der Waals surface area contributed by atoms with Gasteiger partial charge in [0, 0.05) is 12.6 Å². The number of rotatable bonds is 4. The molecule has 84 valence electrons. The van der Waals surface area contributed by atoms with Crippen molar-refractivity contribution in [2.24, 2.45) is 0 Å². The lowest BCUT2D eigenvalue weighted by Crippen LogP contribution is -2.21. The van der Waals surface area contributed by atoms with Gasteiger partial charge in [-0.15, -0.1) is 0 Å². The molecule has 0 unspecified atom stereocenters. The van der Waals surface area contributed by atoms with Crippen molar-refractivity contribution in [2.45, 2.75) is 6.42 Å². The van der Waals surface area contributed by atoms with E-state index in [0.717, 1.165) is 5.56 Å². The molecule has 4 nitrogen and oxygen atoms in total. The van der Waals surface area contributed by atoms with Gasteiger partial charge in [-0.1, -0.05) is 12.1 Å². The summed E-state index contributed by atoms with van der Waals surface area (Å²) >= 11 is 0. The first-order valence-electron chi connectivity index (χ1n) is 5.09. The van der Waals surface area contributed by atoms with Crippen LogP contribution in [0.15, 0.2) is 30.3 Å². The Kier molecular flexibility index (Phi) is 5.00. The molecule has 0 atom stereocenters. The zero-order valence-corrected chi connectivity index (χ0v) is 9.18. The number of nitrogens with one attached hydrogen (secondary N) is 1. The van der Waals surface area contributed by atoms with Crippen LogP contribution in [0.25, 0.3) is 6.08 Å². The van der Waals surface area contributed by atoms with Gasteiger partial charge in [0.2, 0.25) is 5.91 Å². The molecule has 0 fully saturated rings. The first-order chi connectivity index (χ1) is 8.26. The first kappa shape index (κ1) is 12.5. The molecule has 0 aliphatic rings. The monoisotopic (exact) mass is 225 g/mol. The standard InChI is InChI=1S/C13H11N3O/c14-8-1-9-16-13(17)7-6-11-2-4-12(10-15)5-3-11/h2-7H,1,9H2,(H,16,17)/b7-6+. The van der Waals surface area contributed by atoms with Crippen LogP contribution in [0.5, 0.6) is 0 Å². The van der Waals surface area contributed by atoms with Crippen LogP contribution in [-0.4, -0.2) is 12.5 Å². The Balaban J connectivity index is 2.50. The van der Waals surface area contributed by atoms with Crippen LogP contribution in [-0.2, 0) is 4.79 Å². The minimum Gasteiger partial charge on any atom is -0.352 e. The van der Waals surface area contributed by atoms with Crippen molar-refractivity contribution in [2.75, 3.05) is 6.54 Å². The average molecular weight is 225 g/mol. The third-order valence-corrected chi connectivity index (χ3v) is 2.00. The van der Waals surface area contributed by atoms with Crippen LogP contribution in [0.3, 0.4) is 0 Å². The largest absolute Gasteiger partial charge is 0.352 e. The van der Waals surface area contributed by atoms with E-state index < -0.39 is 0 Å². The number of amides is 1. The highest BCUT2D eigenvalue weighted by molar-refractivity contribution is 5.91. The number of carbonyl (C=O) groups excluding carboxylic acids is 1. The summed E-state index contributed by atoms with van der Waals surface area (Å²) in [4.78, 5) is 11.3. The first-order valence-corrected chi connectivity index (χ1v) is 5.09. The summed E-state index contributed by atoms with van der Waals surface area (Å²) < 4.78 is 0. The quantitative estimate of drug-likeness (QED) is 0.624. The molecule has 0 bridgehead atoms. The Morgan fingerprint density at radius 2 is 2.00 bits per heavy atom. The highest BCUT2D eigenvalue weighted by Gasteiger charge is 1.94. The van der Waals surface area contributed by atoms with Crippen molar-refractivity contribution >= 4 is 12.0 Å². The van der Waals surface area contributed by atoms with Crippen molar-refractivity contribution < 1.29 is 4.79 Å². The normalized spacial score (nSPS) is 9.53. The lowest BCUT2D eigenvalue weighted by molar-refractivity contribution is -0.116. The number of carbonyl (C=O) groups is 1. The van der Waals surface area contributed by atoms with E-state index in [9.17, 15) is 4.79 Å². The minimum atomic E-state index is -0.232. The Bertz CT molecular complexity index is 489. The van der Waals surface area contributed by atoms with Crippen LogP contribution >= 0.6 is 0 Å². The lowest BCUT2D eigenvalue weighted by Gasteiger charge is -1.97. The second kappa shape index (κ2) is 6.81. The molecule has 0 heterocycles. The van der Waals surface area contributed by atoms with Crippen molar-refractivity contribution in [3.05, 3.63) is 41.5 Å². The maximum atomic E-state index is 11.3. The summed E-state index contributed by atoms with van der Waals surface area (Å²) in [6.07, 6.45) is 3.36. The highest BCUT2D eigenvalue weighted by atomic mass is 16.1. The Hall–Kier alpha value is -2.59. The molecule has 4 heteroatoms. The molecule has 0 spiro atoms. The van der Waals surface area contributed by atoms with Gasteiger partial charge in [0.1, 0.15) is 0 Å². The zero-order valence-electron chi connectivity index (χ0n) is 9.18. The van der Waals surface area contributed by atoms with E-state index >= 15 is 0 Å². The third kappa shape index (κ3) is 4.63. The minimum absolute atomic E-state index is 0.232. The van der Waals surface area contributed by atoms with Gasteiger partial charge in [-0.3, -0.25) is 4.79 Å². The number of benzene rings is 1. The summed E-state index contributed by atoms with van der Waals surface area (Å²) in [6.45, 7) is 0.354. The van der Waals surface area contributed by atoms with E-state index in [0.29, 0.717) is 18.5 Å². The molecule has 0 saturated heterocycles. The number of nitriles is 2. The Labute approximate surface area is 99.8 Å². The van der Waals surface area contributed by atoms with Crippen molar-refractivity contribution in [1.82, 2.24) is 5.32 Å². The molecule has 1 rings (SSSR count). The fourth-order valence-corrected chi connectivity index (χ4v) is 1.14. The molecule has 1 amide bonds. The predicted molar refractivity (Wildman–Crippen MR) is 63.4 cm³/mol. The van der Waals surface area contributed by atoms with Gasteiger partial charge in [0.15, 0.2) is 0 Å². The number of hydrogen-bond donors (Lipinski definition) is 1. The smallest absolute Gasteiger partial charge is 0.244 e. The Morgan fingerprint density at radius 1 is 1.29 bits per heavy atom. The SMILES string of the molecule is N#CCCNC(=O)/C=C/c1ccc(C#N)cc1. The summed E-state index contributed by atoms with van der Waals surface area (Å²) in [7, 11) is 0. The topological polar surface area (TPSA) is 76.7 Å². The second-order valence-electron chi connectivity index (χ2n) is 3.27. The summed E-state index contributed by atoms with van der Waals surface area (Å²) in [5, 5.41) is 19.5. The molecule has 0 radical (unpaired) electrons. The fraction of sp³-hybridized carbons (Fsp3) is 0.154. The Morgan fingerprint density at radius 3 is 2.59 bits per heavy atom. The maximum absolute atomic E-state index is 11.3. The van der Waals surface area contributed by atoms with Gasteiger partial charge in [-0.05, 0) is 23.8 Å². The van der Waals surface area contributed by atoms with Crippen LogP contribution in [0.4, 0.5) is 0 Å². The van der Waals surface area contributed by atoms with Gasteiger partial charge in [-0.25, -0.2) is 0 Å². The van der Waals surface area contributed by atoms with E-state index in [4.69, 9.17) is 10.5 Å². The van der Waals surface area contributed by atoms with E-state index in [1.54, 1.807) is 30.3 Å². The molecule has 0 aromatic heterocycles.